The molecular formula is C32H32IN. The smallest absolute Gasteiger partial charge is 0.0646 e. The Labute approximate surface area is 217 Å². The minimum absolute atomic E-state index is 0.165. The Hall–Kier alpha value is -2.59. The zero-order chi connectivity index (χ0) is 24.3. The third-order valence-corrected chi connectivity index (χ3v) is 7.91. The minimum atomic E-state index is 0.165. The zero-order valence-corrected chi connectivity index (χ0v) is 23.1. The van der Waals surface area contributed by atoms with Crippen LogP contribution in [0.15, 0.2) is 84.9 Å². The maximum atomic E-state index is 2.43. The van der Waals surface area contributed by atoms with Gasteiger partial charge in [-0.3, -0.25) is 2.78 Å². The largest absolute Gasteiger partial charge is 0.282 e. The highest BCUT2D eigenvalue weighted by Gasteiger charge is 2.16. The Morgan fingerprint density at radius 1 is 0.471 bits per heavy atom. The highest BCUT2D eigenvalue weighted by molar-refractivity contribution is 14.1. The Morgan fingerprint density at radius 2 is 0.794 bits per heavy atom. The first-order valence-corrected chi connectivity index (χ1v) is 12.9. The molecule has 0 N–H and O–H groups in total. The first kappa shape index (κ1) is 23.2. The molecule has 0 saturated carbocycles. The van der Waals surface area contributed by atoms with E-state index in [1.54, 1.807) is 0 Å². The summed E-state index contributed by atoms with van der Waals surface area (Å²) >= 11 is 2.43. The molecule has 0 radical (unpaired) electrons. The van der Waals surface area contributed by atoms with Gasteiger partial charge in [0.25, 0.3) is 0 Å². The molecule has 5 rings (SSSR count). The molecule has 34 heavy (non-hydrogen) atoms. The Bertz CT molecular complexity index is 1370. The van der Waals surface area contributed by atoms with E-state index in [2.05, 4.69) is 152 Å². The summed E-state index contributed by atoms with van der Waals surface area (Å²) in [6, 6.07) is 31.8. The second-order valence-electron chi connectivity index (χ2n) is 11.4. The fourth-order valence-electron chi connectivity index (χ4n) is 4.66. The third-order valence-electron chi connectivity index (χ3n) is 6.87. The molecule has 0 saturated heterocycles. The first-order chi connectivity index (χ1) is 16.0. The van der Waals surface area contributed by atoms with Crippen LogP contribution < -0.4 is 0 Å². The Balaban J connectivity index is 1.60. The van der Waals surface area contributed by atoms with Crippen LogP contribution in [0, 0.1) is 0 Å². The Kier molecular flexibility index (Phi) is 5.63. The molecule has 1 aromatic heterocycles. The number of benzene rings is 4. The zero-order valence-electron chi connectivity index (χ0n) is 20.9. The van der Waals surface area contributed by atoms with Gasteiger partial charge in [-0.2, -0.15) is 0 Å². The molecule has 0 aliphatic rings. The summed E-state index contributed by atoms with van der Waals surface area (Å²) in [5, 5.41) is 2.60. The van der Waals surface area contributed by atoms with Crippen LogP contribution >= 0.6 is 22.9 Å². The number of fused-ring (bicyclic) bond motifs is 3. The number of hydrogen-bond donors (Lipinski definition) is 0. The van der Waals surface area contributed by atoms with Gasteiger partial charge >= 0.3 is 0 Å². The number of aromatic nitrogens is 1. The molecule has 172 valence electrons. The molecule has 0 aliphatic heterocycles. The van der Waals surface area contributed by atoms with Gasteiger partial charge in [0.15, 0.2) is 0 Å². The van der Waals surface area contributed by atoms with Gasteiger partial charge in [0.1, 0.15) is 0 Å². The van der Waals surface area contributed by atoms with E-state index in [9.17, 15) is 0 Å². The lowest BCUT2D eigenvalue weighted by Gasteiger charge is -2.19. The second kappa shape index (κ2) is 8.27. The van der Waals surface area contributed by atoms with Crippen molar-refractivity contribution in [3.63, 3.8) is 0 Å². The van der Waals surface area contributed by atoms with Crippen molar-refractivity contribution in [3.8, 4) is 22.3 Å². The highest BCUT2D eigenvalue weighted by atomic mass is 127. The minimum Gasteiger partial charge on any atom is -0.282 e. The van der Waals surface area contributed by atoms with E-state index in [0.717, 1.165) is 0 Å². The van der Waals surface area contributed by atoms with Gasteiger partial charge in [-0.25, -0.2) is 0 Å². The quantitative estimate of drug-likeness (QED) is 0.190. The SMILES string of the molecule is CC(C)(C)c1ccc(-c2ccc3c(c2)c2cc(-c4ccc(C(C)(C)C)cc4)ccc2n3I)cc1. The topological polar surface area (TPSA) is 4.93 Å². The van der Waals surface area contributed by atoms with Gasteiger partial charge in [-0.1, -0.05) is 102 Å². The average Bonchev–Trinajstić information content (AvgIpc) is 3.09. The van der Waals surface area contributed by atoms with Crippen LogP contribution in [-0.4, -0.2) is 2.78 Å². The van der Waals surface area contributed by atoms with Gasteiger partial charge < -0.3 is 0 Å². The molecule has 1 heterocycles. The predicted molar refractivity (Wildman–Crippen MR) is 157 cm³/mol. The molecule has 0 spiro atoms. The summed E-state index contributed by atoms with van der Waals surface area (Å²) in [5.74, 6) is 0. The van der Waals surface area contributed by atoms with Crippen LogP contribution in [0.25, 0.3) is 44.1 Å². The molecule has 4 aromatic carbocycles. The first-order valence-electron chi connectivity index (χ1n) is 12.0. The van der Waals surface area contributed by atoms with E-state index >= 15 is 0 Å². The molecule has 2 heteroatoms. The van der Waals surface area contributed by atoms with Gasteiger partial charge in [0, 0.05) is 10.8 Å². The van der Waals surface area contributed by atoms with Crippen molar-refractivity contribution >= 4 is 44.7 Å². The summed E-state index contributed by atoms with van der Waals surface area (Å²) < 4.78 is 2.28. The van der Waals surface area contributed by atoms with Crippen molar-refractivity contribution in [1.82, 2.24) is 2.78 Å². The van der Waals surface area contributed by atoms with Crippen LogP contribution in [0.5, 0.6) is 0 Å². The van der Waals surface area contributed by atoms with Crippen molar-refractivity contribution in [2.24, 2.45) is 0 Å². The van der Waals surface area contributed by atoms with Gasteiger partial charge in [0.2, 0.25) is 0 Å². The van der Waals surface area contributed by atoms with Gasteiger partial charge in [-0.05, 0) is 68.5 Å². The van der Waals surface area contributed by atoms with Crippen LogP contribution in [0.4, 0.5) is 0 Å². The van der Waals surface area contributed by atoms with E-state index in [1.165, 1.54) is 55.2 Å². The number of rotatable bonds is 2. The number of halogens is 1. The maximum Gasteiger partial charge on any atom is 0.0646 e. The molecule has 0 atom stereocenters. The fourth-order valence-corrected chi connectivity index (χ4v) is 5.50. The van der Waals surface area contributed by atoms with E-state index in [-0.39, 0.29) is 10.8 Å². The molecule has 0 unspecified atom stereocenters. The van der Waals surface area contributed by atoms with Crippen molar-refractivity contribution in [1.29, 1.82) is 0 Å². The lowest BCUT2D eigenvalue weighted by atomic mass is 9.86. The van der Waals surface area contributed by atoms with Crippen molar-refractivity contribution in [2.75, 3.05) is 0 Å². The van der Waals surface area contributed by atoms with Crippen molar-refractivity contribution < 1.29 is 0 Å². The molecule has 1 nitrogen and oxygen atoms in total. The lowest BCUT2D eigenvalue weighted by Crippen LogP contribution is -2.10. The van der Waals surface area contributed by atoms with E-state index in [0.29, 0.717) is 0 Å². The summed E-state index contributed by atoms with van der Waals surface area (Å²) in [5.41, 5.74) is 10.6. The lowest BCUT2D eigenvalue weighted by molar-refractivity contribution is 0.590. The van der Waals surface area contributed by atoms with Crippen LogP contribution in [0.1, 0.15) is 52.7 Å². The third kappa shape index (κ3) is 4.17. The summed E-state index contributed by atoms with van der Waals surface area (Å²) in [4.78, 5) is 0. The van der Waals surface area contributed by atoms with E-state index in [1.807, 2.05) is 0 Å². The molecule has 0 amide bonds. The maximum absolute atomic E-state index is 2.43. The monoisotopic (exact) mass is 557 g/mol. The standard InChI is InChI=1S/C32H32IN/c1-31(2,3)25-13-7-21(8-14-25)23-11-17-29-27(19-23)28-20-24(12-18-30(28)34(29)33)22-9-15-26(16-10-22)32(4,5)6/h7-20H,1-6H3. The van der Waals surface area contributed by atoms with Crippen molar-refractivity contribution in [2.45, 2.75) is 52.4 Å². The number of nitrogens with zero attached hydrogens (tertiary/aromatic N) is 1. The van der Waals surface area contributed by atoms with Crippen LogP contribution in [0.3, 0.4) is 0 Å². The molecule has 0 fully saturated rings. The van der Waals surface area contributed by atoms with Gasteiger partial charge in [0.05, 0.1) is 33.9 Å². The molecule has 0 aliphatic carbocycles. The molecule has 5 aromatic rings. The fraction of sp³-hybridized carbons (Fsp3) is 0.250. The predicted octanol–water partition coefficient (Wildman–Crippen LogP) is 9.92. The highest BCUT2D eigenvalue weighted by Crippen LogP contribution is 2.37. The van der Waals surface area contributed by atoms with Crippen molar-refractivity contribution in [3.05, 3.63) is 96.1 Å². The summed E-state index contributed by atoms with van der Waals surface area (Å²) in [6.45, 7) is 13.6. The average molecular weight is 558 g/mol. The van der Waals surface area contributed by atoms with Crippen LogP contribution in [0.2, 0.25) is 0 Å². The second-order valence-corrected chi connectivity index (χ2v) is 12.4. The van der Waals surface area contributed by atoms with E-state index in [4.69, 9.17) is 0 Å². The molecular weight excluding hydrogens is 525 g/mol. The van der Waals surface area contributed by atoms with Gasteiger partial charge in [-0.15, -0.1) is 0 Å². The van der Waals surface area contributed by atoms with Crippen LogP contribution in [-0.2, 0) is 10.8 Å². The summed E-state index contributed by atoms with van der Waals surface area (Å²) in [7, 11) is 0. The molecule has 0 bridgehead atoms. The summed E-state index contributed by atoms with van der Waals surface area (Å²) in [6.07, 6.45) is 0. The van der Waals surface area contributed by atoms with E-state index < -0.39 is 0 Å². The Morgan fingerprint density at radius 3 is 1.12 bits per heavy atom. The normalized spacial score (nSPS) is 12.6. The number of hydrogen-bond acceptors (Lipinski definition) is 0.